The Morgan fingerprint density at radius 1 is 0.828 bits per heavy atom. The molecule has 10 heteroatoms. The molecule has 0 atom stereocenters. The summed E-state index contributed by atoms with van der Waals surface area (Å²) in [5.41, 5.74) is 1.59. The Labute approximate surface area is 178 Å². The molecule has 4 rings (SSSR count). The van der Waals surface area contributed by atoms with E-state index in [0.29, 0.717) is 40.1 Å². The second kappa shape index (κ2) is 8.66. The molecule has 0 saturated carbocycles. The van der Waals surface area contributed by atoms with Gasteiger partial charge in [-0.05, 0) is 42.5 Å². The van der Waals surface area contributed by atoms with E-state index < -0.39 is 0 Å². The number of rotatable bonds is 7. The minimum absolute atomic E-state index is 0.391. The van der Waals surface area contributed by atoms with Crippen LogP contribution in [0.3, 0.4) is 0 Å². The second-order valence-electron chi connectivity index (χ2n) is 5.74. The molecule has 0 spiro atoms. The third kappa shape index (κ3) is 4.43. The van der Waals surface area contributed by atoms with Crippen LogP contribution in [-0.4, -0.2) is 34.6 Å². The van der Waals surface area contributed by atoms with Gasteiger partial charge in [0.25, 0.3) is 5.22 Å². The molecule has 8 nitrogen and oxygen atoms in total. The first-order chi connectivity index (χ1) is 14.2. The molecule has 0 aliphatic heterocycles. The third-order valence-electron chi connectivity index (χ3n) is 3.91. The van der Waals surface area contributed by atoms with Crippen molar-refractivity contribution in [2.75, 3.05) is 14.2 Å². The first-order valence-corrected chi connectivity index (χ1v) is 10.2. The molecule has 0 N–H and O–H groups in total. The minimum atomic E-state index is 0.391. The van der Waals surface area contributed by atoms with Gasteiger partial charge in [0.2, 0.25) is 17.7 Å². The van der Waals surface area contributed by atoms with Gasteiger partial charge in [-0.25, -0.2) is 0 Å². The van der Waals surface area contributed by atoms with Crippen LogP contribution in [0.4, 0.5) is 0 Å². The molecular weight excluding hydrogens is 460 g/mol. The van der Waals surface area contributed by atoms with Gasteiger partial charge in [0.05, 0.1) is 20.0 Å². The monoisotopic (exact) mass is 474 g/mol. The largest absolute Gasteiger partial charge is 0.493 e. The zero-order chi connectivity index (χ0) is 20.2. The van der Waals surface area contributed by atoms with Crippen molar-refractivity contribution in [1.29, 1.82) is 0 Å². The average Bonchev–Trinajstić information content (AvgIpc) is 3.42. The summed E-state index contributed by atoms with van der Waals surface area (Å²) in [5, 5.41) is 16.7. The van der Waals surface area contributed by atoms with Crippen LogP contribution in [0.15, 0.2) is 61.0 Å². The minimum Gasteiger partial charge on any atom is -0.493 e. The van der Waals surface area contributed by atoms with Crippen molar-refractivity contribution in [2.24, 2.45) is 0 Å². The number of halogens is 1. The van der Waals surface area contributed by atoms with E-state index in [1.165, 1.54) is 11.8 Å². The highest BCUT2D eigenvalue weighted by molar-refractivity contribution is 9.10. The number of nitrogens with zero attached hydrogens (tertiary/aromatic N) is 4. The molecule has 0 bridgehead atoms. The predicted molar refractivity (Wildman–Crippen MR) is 110 cm³/mol. The molecule has 2 heterocycles. The van der Waals surface area contributed by atoms with Crippen molar-refractivity contribution in [3.63, 3.8) is 0 Å². The lowest BCUT2D eigenvalue weighted by Gasteiger charge is -2.07. The average molecular weight is 475 g/mol. The third-order valence-corrected chi connectivity index (χ3v) is 5.25. The van der Waals surface area contributed by atoms with Crippen LogP contribution in [0.25, 0.3) is 22.9 Å². The van der Waals surface area contributed by atoms with E-state index >= 15 is 0 Å². The van der Waals surface area contributed by atoms with Gasteiger partial charge in [-0.3, -0.25) is 0 Å². The Balaban J connectivity index is 1.43. The van der Waals surface area contributed by atoms with E-state index in [1.54, 1.807) is 26.4 Å². The highest BCUT2D eigenvalue weighted by Crippen LogP contribution is 2.32. The fraction of sp³-hybridized carbons (Fsp3) is 0.158. The van der Waals surface area contributed by atoms with E-state index in [2.05, 4.69) is 36.3 Å². The summed E-state index contributed by atoms with van der Waals surface area (Å²) in [6, 6.07) is 13.0. The normalized spacial score (nSPS) is 10.9. The molecule has 0 fully saturated rings. The van der Waals surface area contributed by atoms with Gasteiger partial charge in [0, 0.05) is 15.6 Å². The number of methoxy groups -OCH3 is 2. The lowest BCUT2D eigenvalue weighted by molar-refractivity contribution is 0.355. The Bertz CT molecular complexity index is 1110. The molecule has 0 aliphatic carbocycles. The number of benzene rings is 2. The van der Waals surface area contributed by atoms with E-state index in [9.17, 15) is 0 Å². The Hall–Kier alpha value is -2.85. The molecule has 0 saturated heterocycles. The summed E-state index contributed by atoms with van der Waals surface area (Å²) in [4.78, 5) is 0. The lowest BCUT2D eigenvalue weighted by atomic mass is 10.2. The highest BCUT2D eigenvalue weighted by atomic mass is 79.9. The van der Waals surface area contributed by atoms with Crippen LogP contribution in [0.1, 0.15) is 5.89 Å². The Morgan fingerprint density at radius 3 is 2.28 bits per heavy atom. The molecular formula is C19H15BrN4O4S. The SMILES string of the molecule is COc1ccc(-c2nnc(CSc3nnc(-c4ccc(Br)cc4)o3)o2)cc1OC. The number of hydrogen-bond donors (Lipinski definition) is 0. The lowest BCUT2D eigenvalue weighted by Crippen LogP contribution is -1.90. The molecule has 2 aromatic carbocycles. The summed E-state index contributed by atoms with van der Waals surface area (Å²) in [7, 11) is 3.16. The molecule has 4 aromatic rings. The molecule has 0 aliphatic rings. The van der Waals surface area contributed by atoms with Gasteiger partial charge in [-0.2, -0.15) is 0 Å². The van der Waals surface area contributed by atoms with Crippen LogP contribution in [0, 0.1) is 0 Å². The molecule has 29 heavy (non-hydrogen) atoms. The second-order valence-corrected chi connectivity index (χ2v) is 7.58. The highest BCUT2D eigenvalue weighted by Gasteiger charge is 2.14. The van der Waals surface area contributed by atoms with Crippen molar-refractivity contribution in [3.8, 4) is 34.4 Å². The van der Waals surface area contributed by atoms with Crippen LogP contribution < -0.4 is 9.47 Å². The maximum absolute atomic E-state index is 5.73. The van der Waals surface area contributed by atoms with Crippen LogP contribution in [0.2, 0.25) is 0 Å². The van der Waals surface area contributed by atoms with E-state index in [0.717, 1.165) is 15.6 Å². The zero-order valence-electron chi connectivity index (χ0n) is 15.5. The smallest absolute Gasteiger partial charge is 0.277 e. The summed E-state index contributed by atoms with van der Waals surface area (Å²) in [6.45, 7) is 0. The Morgan fingerprint density at radius 2 is 1.52 bits per heavy atom. The van der Waals surface area contributed by atoms with Gasteiger partial charge in [-0.1, -0.05) is 27.7 Å². The van der Waals surface area contributed by atoms with Gasteiger partial charge in [0.1, 0.15) is 0 Å². The van der Waals surface area contributed by atoms with Gasteiger partial charge in [0.15, 0.2) is 11.5 Å². The predicted octanol–water partition coefficient (Wildman–Crippen LogP) is 4.86. The van der Waals surface area contributed by atoms with Crippen LogP contribution in [0.5, 0.6) is 11.5 Å². The summed E-state index contributed by atoms with van der Waals surface area (Å²) >= 11 is 4.72. The number of hydrogen-bond acceptors (Lipinski definition) is 9. The quantitative estimate of drug-likeness (QED) is 0.347. The number of aromatic nitrogens is 4. The molecule has 0 amide bonds. The molecule has 0 radical (unpaired) electrons. The van der Waals surface area contributed by atoms with Gasteiger partial charge in [-0.15, -0.1) is 20.4 Å². The number of ether oxygens (including phenoxy) is 2. The Kier molecular flexibility index (Phi) is 5.81. The number of thioether (sulfide) groups is 1. The summed E-state index contributed by atoms with van der Waals surface area (Å²) in [6.07, 6.45) is 0. The fourth-order valence-electron chi connectivity index (χ4n) is 2.50. The maximum Gasteiger partial charge on any atom is 0.277 e. The standard InChI is InChI=1S/C19H15BrN4O4S/c1-25-14-8-5-12(9-15(14)26-2)18-22-21-16(27-18)10-29-19-24-23-17(28-19)11-3-6-13(20)7-4-11/h3-9H,10H2,1-2H3. The van der Waals surface area contributed by atoms with Crippen LogP contribution in [-0.2, 0) is 5.75 Å². The van der Waals surface area contributed by atoms with Crippen molar-refractivity contribution in [2.45, 2.75) is 11.0 Å². The molecule has 2 aromatic heterocycles. The summed E-state index contributed by atoms with van der Waals surface area (Å²) < 4.78 is 22.9. The maximum atomic E-state index is 5.73. The first-order valence-electron chi connectivity index (χ1n) is 8.43. The summed E-state index contributed by atoms with van der Waals surface area (Å²) in [5.74, 6) is 2.92. The van der Waals surface area contributed by atoms with Gasteiger partial charge >= 0.3 is 0 Å². The van der Waals surface area contributed by atoms with Crippen molar-refractivity contribution in [3.05, 3.63) is 52.8 Å². The van der Waals surface area contributed by atoms with Gasteiger partial charge < -0.3 is 18.3 Å². The molecule has 0 unspecified atom stereocenters. The topological polar surface area (TPSA) is 96.3 Å². The van der Waals surface area contributed by atoms with Crippen LogP contribution >= 0.6 is 27.7 Å². The van der Waals surface area contributed by atoms with Crippen molar-refractivity contribution < 1.29 is 18.3 Å². The molecule has 148 valence electrons. The fourth-order valence-corrected chi connectivity index (χ4v) is 3.36. The van der Waals surface area contributed by atoms with Crippen molar-refractivity contribution >= 4 is 27.7 Å². The van der Waals surface area contributed by atoms with E-state index in [1.807, 2.05) is 30.3 Å². The van der Waals surface area contributed by atoms with Crippen molar-refractivity contribution in [1.82, 2.24) is 20.4 Å². The first kappa shape index (κ1) is 19.5. The van der Waals surface area contributed by atoms with E-state index in [-0.39, 0.29) is 0 Å². The zero-order valence-corrected chi connectivity index (χ0v) is 17.9. The van der Waals surface area contributed by atoms with E-state index in [4.69, 9.17) is 18.3 Å².